The normalized spacial score (nSPS) is 13.6. The number of nitrogens with one attached hydrogen (secondary N) is 3. The minimum Gasteiger partial charge on any atom is -0.378 e. The van der Waals surface area contributed by atoms with E-state index < -0.39 is 0 Å². The van der Waals surface area contributed by atoms with Gasteiger partial charge in [0.05, 0.1) is 30.6 Å². The highest BCUT2D eigenvalue weighted by Gasteiger charge is 2.13. The monoisotopic (exact) mass is 528 g/mol. The van der Waals surface area contributed by atoms with Crippen molar-refractivity contribution in [2.24, 2.45) is 0 Å². The molecule has 0 atom stereocenters. The SMILES string of the molecule is Cc1cc(Nc2cnc3[nH]c(-c4ccc(Nc5ccnc6ccc(N7CCOCC7)cc56)cc4)nc3c2)ccn1. The summed E-state index contributed by atoms with van der Waals surface area (Å²) < 4.78 is 5.52. The lowest BCUT2D eigenvalue weighted by atomic mass is 10.1. The zero-order chi connectivity index (χ0) is 26.9. The van der Waals surface area contributed by atoms with Gasteiger partial charge in [-0.2, -0.15) is 0 Å². The van der Waals surface area contributed by atoms with E-state index in [0.717, 1.165) is 88.2 Å². The molecule has 0 unspecified atom stereocenters. The van der Waals surface area contributed by atoms with Crippen LogP contribution in [-0.2, 0) is 4.74 Å². The van der Waals surface area contributed by atoms with Gasteiger partial charge in [-0.3, -0.25) is 9.97 Å². The highest BCUT2D eigenvalue weighted by molar-refractivity contribution is 5.95. The van der Waals surface area contributed by atoms with Crippen molar-refractivity contribution in [2.75, 3.05) is 41.8 Å². The Balaban J connectivity index is 1.11. The number of aromatic nitrogens is 5. The third-order valence-electron chi connectivity index (χ3n) is 7.06. The summed E-state index contributed by atoms with van der Waals surface area (Å²) in [7, 11) is 0. The molecule has 9 heteroatoms. The number of hydrogen-bond donors (Lipinski definition) is 3. The number of aromatic amines is 1. The number of pyridine rings is 3. The number of morpholine rings is 1. The van der Waals surface area contributed by atoms with Crippen LogP contribution in [0.15, 0.2) is 85.3 Å². The van der Waals surface area contributed by atoms with E-state index in [1.54, 1.807) is 12.4 Å². The molecule has 1 fully saturated rings. The van der Waals surface area contributed by atoms with Crippen molar-refractivity contribution >= 4 is 50.5 Å². The first kappa shape index (κ1) is 24.1. The largest absolute Gasteiger partial charge is 0.378 e. The number of ether oxygens (including phenoxy) is 1. The molecule has 40 heavy (non-hydrogen) atoms. The number of aryl methyl sites for hydroxylation is 1. The summed E-state index contributed by atoms with van der Waals surface area (Å²) in [6.45, 7) is 5.28. The molecule has 1 aliphatic heterocycles. The highest BCUT2D eigenvalue weighted by Crippen LogP contribution is 2.30. The van der Waals surface area contributed by atoms with Gasteiger partial charge in [-0.1, -0.05) is 0 Å². The van der Waals surface area contributed by atoms with Gasteiger partial charge in [-0.05, 0) is 73.7 Å². The second-order valence-electron chi connectivity index (χ2n) is 9.85. The Labute approximate surface area is 231 Å². The summed E-state index contributed by atoms with van der Waals surface area (Å²) in [6, 6.07) is 22.6. The number of imidazole rings is 1. The molecule has 0 bridgehead atoms. The first-order valence-corrected chi connectivity index (χ1v) is 13.3. The second-order valence-corrected chi connectivity index (χ2v) is 9.85. The molecule has 9 nitrogen and oxygen atoms in total. The van der Waals surface area contributed by atoms with E-state index in [1.807, 2.05) is 37.4 Å². The maximum absolute atomic E-state index is 5.52. The van der Waals surface area contributed by atoms with E-state index in [2.05, 4.69) is 77.9 Å². The molecule has 4 aromatic heterocycles. The van der Waals surface area contributed by atoms with E-state index in [0.29, 0.717) is 0 Å². The topological polar surface area (TPSA) is 104 Å². The first-order chi connectivity index (χ1) is 19.7. The van der Waals surface area contributed by atoms with Crippen LogP contribution in [0.5, 0.6) is 0 Å². The molecule has 0 aliphatic carbocycles. The molecule has 1 aliphatic rings. The molecule has 0 amide bonds. The van der Waals surface area contributed by atoms with Crippen molar-refractivity contribution in [3.63, 3.8) is 0 Å². The third kappa shape index (κ3) is 4.90. The Hall–Kier alpha value is -5.02. The summed E-state index contributed by atoms with van der Waals surface area (Å²) >= 11 is 0. The minimum atomic E-state index is 0.744. The molecular formula is C31H28N8O. The van der Waals surface area contributed by atoms with Crippen LogP contribution in [0.2, 0.25) is 0 Å². The molecule has 2 aromatic carbocycles. The number of fused-ring (bicyclic) bond motifs is 2. The Morgan fingerprint density at radius 1 is 0.775 bits per heavy atom. The van der Waals surface area contributed by atoms with Crippen molar-refractivity contribution in [1.82, 2.24) is 24.9 Å². The fourth-order valence-electron chi connectivity index (χ4n) is 5.02. The molecule has 0 radical (unpaired) electrons. The lowest BCUT2D eigenvalue weighted by Gasteiger charge is -2.29. The van der Waals surface area contributed by atoms with Gasteiger partial charge in [0.1, 0.15) is 11.3 Å². The number of nitrogens with zero attached hydrogens (tertiary/aromatic N) is 5. The average Bonchev–Trinajstić information content (AvgIpc) is 3.42. The zero-order valence-electron chi connectivity index (χ0n) is 22.1. The van der Waals surface area contributed by atoms with Gasteiger partial charge in [0.2, 0.25) is 0 Å². The van der Waals surface area contributed by atoms with Crippen LogP contribution in [0.25, 0.3) is 33.5 Å². The van der Waals surface area contributed by atoms with Gasteiger partial charge in [-0.15, -0.1) is 0 Å². The summed E-state index contributed by atoms with van der Waals surface area (Å²) in [6.07, 6.45) is 5.43. The van der Waals surface area contributed by atoms with Crippen LogP contribution in [0.3, 0.4) is 0 Å². The second kappa shape index (κ2) is 10.3. The van der Waals surface area contributed by atoms with Crippen molar-refractivity contribution in [2.45, 2.75) is 6.92 Å². The van der Waals surface area contributed by atoms with Gasteiger partial charge in [0.25, 0.3) is 0 Å². The minimum absolute atomic E-state index is 0.744. The number of H-pyrrole nitrogens is 1. The molecule has 5 heterocycles. The predicted molar refractivity (Wildman–Crippen MR) is 160 cm³/mol. The quantitative estimate of drug-likeness (QED) is 0.235. The van der Waals surface area contributed by atoms with E-state index in [9.17, 15) is 0 Å². The molecule has 0 spiro atoms. The Bertz CT molecular complexity index is 1810. The summed E-state index contributed by atoms with van der Waals surface area (Å²) in [5.74, 6) is 0.774. The lowest BCUT2D eigenvalue weighted by Crippen LogP contribution is -2.36. The zero-order valence-corrected chi connectivity index (χ0v) is 22.1. The van der Waals surface area contributed by atoms with Gasteiger partial charge in [-0.25, -0.2) is 9.97 Å². The van der Waals surface area contributed by atoms with Gasteiger partial charge < -0.3 is 25.3 Å². The predicted octanol–water partition coefficient (Wildman–Crippen LogP) is 6.20. The molecular weight excluding hydrogens is 500 g/mol. The molecule has 6 aromatic rings. The standard InChI is InChI=1S/C31H28N8O/c1-20-16-23(8-10-32-20)35-24-17-29-31(34-19-24)38-30(37-29)21-2-4-22(5-3-21)36-28-9-11-33-27-7-6-25(18-26(27)28)39-12-14-40-15-13-39/h2-11,16-19H,12-15H2,1H3,(H,32,35)(H,33,36)(H,34,37,38). The fourth-order valence-corrected chi connectivity index (χ4v) is 5.02. The van der Waals surface area contributed by atoms with Crippen LogP contribution in [0, 0.1) is 6.92 Å². The number of benzene rings is 2. The van der Waals surface area contributed by atoms with Crippen molar-refractivity contribution in [3.8, 4) is 11.4 Å². The Morgan fingerprint density at radius 3 is 2.48 bits per heavy atom. The lowest BCUT2D eigenvalue weighted by molar-refractivity contribution is 0.122. The van der Waals surface area contributed by atoms with Gasteiger partial charge in [0, 0.05) is 64.9 Å². The molecule has 1 saturated heterocycles. The van der Waals surface area contributed by atoms with Gasteiger partial charge >= 0.3 is 0 Å². The van der Waals surface area contributed by atoms with E-state index >= 15 is 0 Å². The van der Waals surface area contributed by atoms with E-state index in [1.165, 1.54) is 5.69 Å². The molecule has 198 valence electrons. The first-order valence-electron chi connectivity index (χ1n) is 13.3. The van der Waals surface area contributed by atoms with Crippen molar-refractivity contribution < 1.29 is 4.74 Å². The Morgan fingerprint density at radius 2 is 1.62 bits per heavy atom. The van der Waals surface area contributed by atoms with Crippen molar-refractivity contribution in [3.05, 3.63) is 91.0 Å². The number of anilines is 5. The Kier molecular flexibility index (Phi) is 6.18. The van der Waals surface area contributed by atoms with Crippen molar-refractivity contribution in [1.29, 1.82) is 0 Å². The van der Waals surface area contributed by atoms with Crippen LogP contribution < -0.4 is 15.5 Å². The van der Waals surface area contributed by atoms with Crippen LogP contribution in [-0.4, -0.2) is 51.2 Å². The molecule has 7 rings (SSSR count). The van der Waals surface area contributed by atoms with E-state index in [4.69, 9.17) is 9.72 Å². The molecule has 0 saturated carbocycles. The fraction of sp³-hybridized carbons (Fsp3) is 0.161. The van der Waals surface area contributed by atoms with Gasteiger partial charge in [0.15, 0.2) is 5.65 Å². The highest BCUT2D eigenvalue weighted by atomic mass is 16.5. The smallest absolute Gasteiger partial charge is 0.157 e. The number of hydrogen-bond acceptors (Lipinski definition) is 8. The van der Waals surface area contributed by atoms with Crippen LogP contribution >= 0.6 is 0 Å². The third-order valence-corrected chi connectivity index (χ3v) is 7.06. The number of rotatable bonds is 6. The molecule has 3 N–H and O–H groups in total. The average molecular weight is 529 g/mol. The summed E-state index contributed by atoms with van der Waals surface area (Å²) in [5, 5.41) is 8.04. The summed E-state index contributed by atoms with van der Waals surface area (Å²) in [4.78, 5) is 23.9. The van der Waals surface area contributed by atoms with E-state index in [-0.39, 0.29) is 0 Å². The van der Waals surface area contributed by atoms with Crippen LogP contribution in [0.4, 0.5) is 28.4 Å². The maximum atomic E-state index is 5.52. The van der Waals surface area contributed by atoms with Crippen LogP contribution in [0.1, 0.15) is 5.69 Å². The maximum Gasteiger partial charge on any atom is 0.157 e. The summed E-state index contributed by atoms with van der Waals surface area (Å²) in [5.41, 5.74) is 9.47.